The van der Waals surface area contributed by atoms with Gasteiger partial charge in [0.25, 0.3) is 5.91 Å². The monoisotopic (exact) mass is 441 g/mol. The Labute approximate surface area is 192 Å². The summed E-state index contributed by atoms with van der Waals surface area (Å²) >= 11 is 0. The van der Waals surface area contributed by atoms with Crippen LogP contribution in [0.1, 0.15) is 41.7 Å². The number of piperidine rings is 1. The van der Waals surface area contributed by atoms with Gasteiger partial charge >= 0.3 is 0 Å². The van der Waals surface area contributed by atoms with Crippen molar-refractivity contribution < 1.29 is 4.79 Å². The molecule has 0 unspecified atom stereocenters. The van der Waals surface area contributed by atoms with Gasteiger partial charge in [-0.25, -0.2) is 4.68 Å². The minimum atomic E-state index is -0.111. The van der Waals surface area contributed by atoms with E-state index in [1.54, 1.807) is 0 Å². The third-order valence-corrected chi connectivity index (χ3v) is 7.23. The van der Waals surface area contributed by atoms with Crippen molar-refractivity contribution in [1.82, 2.24) is 35.4 Å². The fourth-order valence-corrected chi connectivity index (χ4v) is 5.41. The van der Waals surface area contributed by atoms with E-state index < -0.39 is 0 Å². The van der Waals surface area contributed by atoms with E-state index >= 15 is 0 Å². The number of aromatic nitrogens is 5. The van der Waals surface area contributed by atoms with Crippen LogP contribution in [-0.4, -0.2) is 61.2 Å². The fourth-order valence-electron chi connectivity index (χ4n) is 5.41. The van der Waals surface area contributed by atoms with Gasteiger partial charge in [0.05, 0.1) is 18.3 Å². The van der Waals surface area contributed by atoms with Gasteiger partial charge < -0.3 is 10.2 Å². The molecule has 0 radical (unpaired) electrons. The van der Waals surface area contributed by atoms with E-state index in [0.29, 0.717) is 24.3 Å². The zero-order valence-electron chi connectivity index (χ0n) is 18.6. The second-order valence-corrected chi connectivity index (χ2v) is 9.31. The predicted molar refractivity (Wildman–Crippen MR) is 126 cm³/mol. The third kappa shape index (κ3) is 3.80. The number of carbonyl (C=O) groups excluding carboxylic acids is 1. The Morgan fingerprint density at radius 3 is 2.70 bits per heavy atom. The number of H-pyrrole nitrogens is 1. The molecule has 4 heterocycles. The Kier molecular flexibility index (Phi) is 4.95. The third-order valence-electron chi connectivity index (χ3n) is 7.23. The van der Waals surface area contributed by atoms with Crippen molar-refractivity contribution in [2.45, 2.75) is 50.4 Å². The average molecular weight is 442 g/mol. The van der Waals surface area contributed by atoms with Crippen molar-refractivity contribution in [3.05, 3.63) is 66.0 Å². The summed E-state index contributed by atoms with van der Waals surface area (Å²) in [4.78, 5) is 15.6. The van der Waals surface area contributed by atoms with E-state index in [4.69, 9.17) is 0 Å². The summed E-state index contributed by atoms with van der Waals surface area (Å²) in [5.41, 5.74) is 4.13. The maximum atomic E-state index is 13.1. The van der Waals surface area contributed by atoms with Crippen molar-refractivity contribution >= 4 is 16.8 Å². The van der Waals surface area contributed by atoms with Gasteiger partial charge in [-0.2, -0.15) is 5.10 Å². The molecule has 33 heavy (non-hydrogen) atoms. The van der Waals surface area contributed by atoms with Crippen LogP contribution in [0.4, 0.5) is 0 Å². The highest BCUT2D eigenvalue weighted by Crippen LogP contribution is 2.34. The number of amides is 1. The summed E-state index contributed by atoms with van der Waals surface area (Å²) in [6.07, 6.45) is 6.41. The van der Waals surface area contributed by atoms with Gasteiger partial charge in [0.1, 0.15) is 5.69 Å². The molecule has 8 heteroatoms. The Hall–Kier alpha value is -3.52. The van der Waals surface area contributed by atoms with Crippen LogP contribution in [0.2, 0.25) is 0 Å². The normalized spacial score (nSPS) is 22.6. The van der Waals surface area contributed by atoms with Crippen LogP contribution in [0, 0.1) is 0 Å². The van der Waals surface area contributed by atoms with Crippen LogP contribution in [0.15, 0.2) is 54.7 Å². The average Bonchev–Trinajstić information content (AvgIpc) is 3.51. The molecule has 2 saturated heterocycles. The van der Waals surface area contributed by atoms with Crippen LogP contribution in [0.3, 0.4) is 0 Å². The molecule has 3 atom stereocenters. The molecule has 4 aromatic rings. The smallest absolute Gasteiger partial charge is 0.272 e. The van der Waals surface area contributed by atoms with Gasteiger partial charge in [-0.1, -0.05) is 41.6 Å². The SMILES string of the molecule is CN1[C@@H]2CC[C@H]1C[C@@H](NC(=O)c1n[nH]c3ccc(-c4cn(Cc5ccccc5)nn4)cc13)C2. The molecule has 2 fully saturated rings. The zero-order valence-corrected chi connectivity index (χ0v) is 18.6. The second-order valence-electron chi connectivity index (χ2n) is 9.31. The number of hydrogen-bond donors (Lipinski definition) is 2. The number of fused-ring (bicyclic) bond motifs is 3. The van der Waals surface area contributed by atoms with Gasteiger partial charge in [0.15, 0.2) is 5.69 Å². The largest absolute Gasteiger partial charge is 0.348 e. The number of nitrogens with zero attached hydrogens (tertiary/aromatic N) is 5. The summed E-state index contributed by atoms with van der Waals surface area (Å²) in [5, 5.41) is 20.0. The molecule has 8 nitrogen and oxygen atoms in total. The van der Waals surface area contributed by atoms with Crippen LogP contribution >= 0.6 is 0 Å². The lowest BCUT2D eigenvalue weighted by atomic mass is 9.97. The highest BCUT2D eigenvalue weighted by atomic mass is 16.2. The molecule has 168 valence electrons. The van der Waals surface area contributed by atoms with E-state index in [9.17, 15) is 4.79 Å². The van der Waals surface area contributed by atoms with Crippen LogP contribution < -0.4 is 5.32 Å². The minimum absolute atomic E-state index is 0.111. The van der Waals surface area contributed by atoms with Gasteiger partial charge in [0.2, 0.25) is 0 Å². The summed E-state index contributed by atoms with van der Waals surface area (Å²) in [6.45, 7) is 0.661. The summed E-state index contributed by atoms with van der Waals surface area (Å²) in [6, 6.07) is 17.4. The first kappa shape index (κ1) is 20.1. The second kappa shape index (κ2) is 8.12. The van der Waals surface area contributed by atoms with Gasteiger partial charge in [0, 0.05) is 29.1 Å². The molecular formula is C25H27N7O. The van der Waals surface area contributed by atoms with Crippen molar-refractivity contribution in [1.29, 1.82) is 0 Å². The Morgan fingerprint density at radius 2 is 1.91 bits per heavy atom. The lowest BCUT2D eigenvalue weighted by Gasteiger charge is -2.36. The van der Waals surface area contributed by atoms with Crippen LogP contribution in [0.5, 0.6) is 0 Å². The summed E-state index contributed by atoms with van der Waals surface area (Å²) in [7, 11) is 2.21. The maximum Gasteiger partial charge on any atom is 0.272 e. The molecule has 0 saturated carbocycles. The molecule has 2 N–H and O–H groups in total. The van der Waals surface area contributed by atoms with E-state index in [1.165, 1.54) is 18.4 Å². The number of hydrogen-bond acceptors (Lipinski definition) is 5. The Morgan fingerprint density at radius 1 is 1.12 bits per heavy atom. The van der Waals surface area contributed by atoms with E-state index in [0.717, 1.165) is 35.0 Å². The molecular weight excluding hydrogens is 414 g/mol. The molecule has 2 aliphatic heterocycles. The standard InChI is InChI=1S/C25H27N7O/c1-31-19-8-9-20(31)13-18(12-19)26-25(33)24-21-11-17(7-10-22(21)27-29-24)23-15-32(30-28-23)14-16-5-3-2-4-6-16/h2-7,10-11,15,18-20H,8-9,12-14H2,1H3,(H,26,33)(H,27,29)/t18-,19+,20-. The first-order valence-electron chi connectivity index (χ1n) is 11.6. The number of aromatic amines is 1. The van der Waals surface area contributed by atoms with Gasteiger partial charge in [-0.3, -0.25) is 9.89 Å². The lowest BCUT2D eigenvalue weighted by Crippen LogP contribution is -2.48. The highest BCUT2D eigenvalue weighted by Gasteiger charge is 2.39. The molecule has 2 aliphatic rings. The number of rotatable bonds is 5. The zero-order chi connectivity index (χ0) is 22.4. The van der Waals surface area contributed by atoms with Gasteiger partial charge in [-0.15, -0.1) is 5.10 Å². The minimum Gasteiger partial charge on any atom is -0.348 e. The van der Waals surface area contributed by atoms with Crippen molar-refractivity contribution in [2.24, 2.45) is 0 Å². The Balaban J connectivity index is 1.22. The van der Waals surface area contributed by atoms with Crippen LogP contribution in [-0.2, 0) is 6.54 Å². The fraction of sp³-hybridized carbons (Fsp3) is 0.360. The molecule has 0 aliphatic carbocycles. The molecule has 2 bridgehead atoms. The molecule has 2 aromatic heterocycles. The number of benzene rings is 2. The number of carbonyl (C=O) groups is 1. The Bertz CT molecular complexity index is 1280. The van der Waals surface area contributed by atoms with E-state index in [-0.39, 0.29) is 11.9 Å². The number of nitrogens with one attached hydrogen (secondary N) is 2. The van der Waals surface area contributed by atoms with E-state index in [1.807, 2.05) is 47.3 Å². The highest BCUT2D eigenvalue weighted by molar-refractivity contribution is 6.05. The first-order valence-corrected chi connectivity index (χ1v) is 11.6. The van der Waals surface area contributed by atoms with E-state index in [2.05, 4.69) is 49.9 Å². The summed E-state index contributed by atoms with van der Waals surface area (Å²) in [5.74, 6) is -0.111. The first-order chi connectivity index (χ1) is 16.1. The quantitative estimate of drug-likeness (QED) is 0.496. The summed E-state index contributed by atoms with van der Waals surface area (Å²) < 4.78 is 1.83. The molecule has 2 aromatic carbocycles. The molecule has 0 spiro atoms. The van der Waals surface area contributed by atoms with Crippen molar-refractivity contribution in [3.8, 4) is 11.3 Å². The lowest BCUT2D eigenvalue weighted by molar-refractivity contribution is 0.0879. The molecule has 1 amide bonds. The predicted octanol–water partition coefficient (Wildman–Crippen LogP) is 3.22. The van der Waals surface area contributed by atoms with Crippen LogP contribution in [0.25, 0.3) is 22.2 Å². The van der Waals surface area contributed by atoms with Gasteiger partial charge in [-0.05, 0) is 50.4 Å². The molecule has 6 rings (SSSR count). The van der Waals surface area contributed by atoms with Crippen molar-refractivity contribution in [3.63, 3.8) is 0 Å². The topological polar surface area (TPSA) is 91.7 Å². The maximum absolute atomic E-state index is 13.1. The van der Waals surface area contributed by atoms with Crippen molar-refractivity contribution in [2.75, 3.05) is 7.05 Å².